The predicted molar refractivity (Wildman–Crippen MR) is 126 cm³/mol. The van der Waals surface area contributed by atoms with Crippen LogP contribution >= 0.6 is 11.3 Å². The summed E-state index contributed by atoms with van der Waals surface area (Å²) in [5.41, 5.74) is 9.14. The lowest BCUT2D eigenvalue weighted by Crippen LogP contribution is -2.31. The fourth-order valence-electron chi connectivity index (χ4n) is 4.05. The first kappa shape index (κ1) is 20.5. The SMILES string of the molecule is Cc1cnc(NC(=O)c2ccc(-c3nn(C4CCN(C)CC4)c4ncnc(N)c34)cc2)s1. The zero-order chi connectivity index (χ0) is 22.2. The number of fused-ring (bicyclic) bond motifs is 1. The molecule has 1 amide bonds. The van der Waals surface area contributed by atoms with E-state index >= 15 is 0 Å². The Labute approximate surface area is 189 Å². The Morgan fingerprint density at radius 3 is 2.59 bits per heavy atom. The zero-order valence-corrected chi connectivity index (χ0v) is 18.8. The molecule has 0 unspecified atom stereocenters. The number of carbonyl (C=O) groups is 1. The van der Waals surface area contributed by atoms with Crippen LogP contribution in [0.15, 0.2) is 36.8 Å². The van der Waals surface area contributed by atoms with Gasteiger partial charge in [0.2, 0.25) is 0 Å². The summed E-state index contributed by atoms with van der Waals surface area (Å²) in [6.07, 6.45) is 5.24. The van der Waals surface area contributed by atoms with Gasteiger partial charge in [-0.15, -0.1) is 11.3 Å². The number of nitrogen functional groups attached to an aromatic ring is 1. The van der Waals surface area contributed by atoms with Crippen molar-refractivity contribution >= 4 is 39.2 Å². The molecule has 4 aromatic rings. The average molecular weight is 449 g/mol. The molecule has 1 saturated heterocycles. The quantitative estimate of drug-likeness (QED) is 0.492. The number of hydrogen-bond acceptors (Lipinski definition) is 8. The number of benzene rings is 1. The molecule has 4 heterocycles. The molecule has 5 rings (SSSR count). The molecule has 3 N–H and O–H groups in total. The molecule has 1 aliphatic heterocycles. The number of piperidine rings is 1. The van der Waals surface area contributed by atoms with Gasteiger partial charge in [0.1, 0.15) is 17.8 Å². The molecule has 164 valence electrons. The van der Waals surface area contributed by atoms with E-state index < -0.39 is 0 Å². The van der Waals surface area contributed by atoms with Crippen molar-refractivity contribution in [2.75, 3.05) is 31.2 Å². The Balaban J connectivity index is 1.47. The van der Waals surface area contributed by atoms with Crippen LogP contribution in [0.5, 0.6) is 0 Å². The van der Waals surface area contributed by atoms with Gasteiger partial charge in [-0.05, 0) is 52.0 Å². The van der Waals surface area contributed by atoms with Crippen molar-refractivity contribution in [3.63, 3.8) is 0 Å². The summed E-state index contributed by atoms with van der Waals surface area (Å²) >= 11 is 1.44. The molecule has 9 nitrogen and oxygen atoms in total. The summed E-state index contributed by atoms with van der Waals surface area (Å²) in [4.78, 5) is 28.8. The van der Waals surface area contributed by atoms with E-state index in [1.807, 2.05) is 23.7 Å². The molecule has 10 heteroatoms. The molecule has 1 fully saturated rings. The second kappa shape index (κ2) is 8.29. The smallest absolute Gasteiger partial charge is 0.257 e. The number of anilines is 2. The van der Waals surface area contributed by atoms with E-state index in [2.05, 4.69) is 32.2 Å². The van der Waals surface area contributed by atoms with E-state index in [0.717, 1.165) is 53.1 Å². The number of amides is 1. The lowest BCUT2D eigenvalue weighted by molar-refractivity contribution is 0.102. The number of hydrogen-bond donors (Lipinski definition) is 2. The molecule has 0 radical (unpaired) electrons. The second-order valence-electron chi connectivity index (χ2n) is 8.09. The van der Waals surface area contributed by atoms with E-state index in [-0.39, 0.29) is 11.9 Å². The van der Waals surface area contributed by atoms with Gasteiger partial charge in [0, 0.05) is 22.2 Å². The molecular formula is C22H24N8OS. The lowest BCUT2D eigenvalue weighted by atomic mass is 10.1. The maximum atomic E-state index is 12.6. The Kier molecular flexibility index (Phi) is 5.32. The Morgan fingerprint density at radius 2 is 1.91 bits per heavy atom. The van der Waals surface area contributed by atoms with Crippen LogP contribution in [0, 0.1) is 6.92 Å². The molecule has 1 aromatic carbocycles. The summed E-state index contributed by atoms with van der Waals surface area (Å²) in [5, 5.41) is 9.09. The summed E-state index contributed by atoms with van der Waals surface area (Å²) in [7, 11) is 2.14. The summed E-state index contributed by atoms with van der Waals surface area (Å²) in [6, 6.07) is 7.60. The largest absolute Gasteiger partial charge is 0.383 e. The van der Waals surface area contributed by atoms with Crippen LogP contribution in [-0.4, -0.2) is 55.7 Å². The third-order valence-corrected chi connectivity index (χ3v) is 6.64. The number of nitrogens with zero attached hydrogens (tertiary/aromatic N) is 6. The van der Waals surface area contributed by atoms with E-state index in [1.54, 1.807) is 18.3 Å². The summed E-state index contributed by atoms with van der Waals surface area (Å²) < 4.78 is 2.00. The average Bonchev–Trinajstić information content (AvgIpc) is 3.39. The van der Waals surface area contributed by atoms with E-state index in [1.165, 1.54) is 17.7 Å². The Hall–Kier alpha value is -3.37. The molecule has 0 saturated carbocycles. The highest BCUT2D eigenvalue weighted by Gasteiger charge is 2.25. The Bertz CT molecular complexity index is 1270. The van der Waals surface area contributed by atoms with Gasteiger partial charge in [0.25, 0.3) is 5.91 Å². The molecule has 0 spiro atoms. The maximum absolute atomic E-state index is 12.6. The summed E-state index contributed by atoms with van der Waals surface area (Å²) in [6.45, 7) is 3.99. The van der Waals surface area contributed by atoms with Crippen LogP contribution < -0.4 is 11.1 Å². The molecule has 0 aliphatic carbocycles. The van der Waals surface area contributed by atoms with E-state index in [4.69, 9.17) is 10.8 Å². The lowest BCUT2D eigenvalue weighted by Gasteiger charge is -2.29. The predicted octanol–water partition coefficient (Wildman–Crippen LogP) is 3.36. The topological polar surface area (TPSA) is 115 Å². The monoisotopic (exact) mass is 448 g/mol. The van der Waals surface area contributed by atoms with Crippen molar-refractivity contribution in [3.05, 3.63) is 47.2 Å². The number of nitrogens with one attached hydrogen (secondary N) is 1. The van der Waals surface area contributed by atoms with Gasteiger partial charge >= 0.3 is 0 Å². The fourth-order valence-corrected chi connectivity index (χ4v) is 4.71. The van der Waals surface area contributed by atoms with Crippen molar-refractivity contribution in [1.82, 2.24) is 29.6 Å². The van der Waals surface area contributed by atoms with Crippen molar-refractivity contribution in [3.8, 4) is 11.3 Å². The van der Waals surface area contributed by atoms with Gasteiger partial charge in [-0.3, -0.25) is 10.1 Å². The van der Waals surface area contributed by atoms with Crippen LogP contribution in [0.25, 0.3) is 22.3 Å². The number of thiazole rings is 1. The van der Waals surface area contributed by atoms with Crippen LogP contribution in [0.4, 0.5) is 10.9 Å². The summed E-state index contributed by atoms with van der Waals surface area (Å²) in [5.74, 6) is 0.209. The fraction of sp³-hybridized carbons (Fsp3) is 0.318. The van der Waals surface area contributed by atoms with Crippen molar-refractivity contribution < 1.29 is 4.79 Å². The zero-order valence-electron chi connectivity index (χ0n) is 17.9. The molecular weight excluding hydrogens is 424 g/mol. The highest BCUT2D eigenvalue weighted by atomic mass is 32.1. The molecule has 32 heavy (non-hydrogen) atoms. The normalized spacial score (nSPS) is 15.3. The highest BCUT2D eigenvalue weighted by molar-refractivity contribution is 7.15. The first-order chi connectivity index (χ1) is 15.5. The minimum atomic E-state index is -0.199. The standard InChI is InChI=1S/C22H24N8OS/c1-13-11-24-22(32-13)27-21(31)15-5-3-14(4-6-15)18-17-19(23)25-12-26-20(17)30(28-18)16-7-9-29(2)10-8-16/h3-6,11-12,16H,7-10H2,1-2H3,(H2,23,25,26)(H,24,27,31). The number of aryl methyl sites for hydroxylation is 1. The Morgan fingerprint density at radius 1 is 1.16 bits per heavy atom. The minimum Gasteiger partial charge on any atom is -0.383 e. The second-order valence-corrected chi connectivity index (χ2v) is 9.33. The van der Waals surface area contributed by atoms with E-state index in [9.17, 15) is 4.79 Å². The number of rotatable bonds is 4. The molecule has 0 atom stereocenters. The number of nitrogens with two attached hydrogens (primary N) is 1. The van der Waals surface area contributed by atoms with Gasteiger partial charge < -0.3 is 10.6 Å². The van der Waals surface area contributed by atoms with Gasteiger partial charge in [0.15, 0.2) is 10.8 Å². The third kappa shape index (κ3) is 3.82. The van der Waals surface area contributed by atoms with Crippen LogP contribution in [-0.2, 0) is 0 Å². The van der Waals surface area contributed by atoms with Gasteiger partial charge in [-0.25, -0.2) is 19.6 Å². The van der Waals surface area contributed by atoms with Crippen LogP contribution in [0.1, 0.15) is 34.1 Å². The number of likely N-dealkylation sites (tertiary alicyclic amines) is 1. The molecule has 1 aliphatic rings. The molecule has 0 bridgehead atoms. The first-order valence-corrected chi connectivity index (χ1v) is 11.3. The first-order valence-electron chi connectivity index (χ1n) is 10.5. The van der Waals surface area contributed by atoms with Gasteiger partial charge in [-0.1, -0.05) is 12.1 Å². The van der Waals surface area contributed by atoms with Crippen LogP contribution in [0.3, 0.4) is 0 Å². The van der Waals surface area contributed by atoms with Gasteiger partial charge in [-0.2, -0.15) is 5.10 Å². The van der Waals surface area contributed by atoms with Crippen molar-refractivity contribution in [1.29, 1.82) is 0 Å². The van der Waals surface area contributed by atoms with Gasteiger partial charge in [0.05, 0.1) is 11.4 Å². The molecule has 3 aromatic heterocycles. The van der Waals surface area contributed by atoms with E-state index in [0.29, 0.717) is 16.5 Å². The van der Waals surface area contributed by atoms with Crippen LogP contribution in [0.2, 0.25) is 0 Å². The maximum Gasteiger partial charge on any atom is 0.257 e. The minimum absolute atomic E-state index is 0.199. The number of carbonyl (C=O) groups excluding carboxylic acids is 1. The third-order valence-electron chi connectivity index (χ3n) is 5.81. The number of aromatic nitrogens is 5. The van der Waals surface area contributed by atoms with Crippen molar-refractivity contribution in [2.45, 2.75) is 25.8 Å². The highest BCUT2D eigenvalue weighted by Crippen LogP contribution is 2.34. The van der Waals surface area contributed by atoms with Crippen molar-refractivity contribution in [2.24, 2.45) is 0 Å².